The minimum absolute atomic E-state index is 0.0265. The first-order valence-electron chi connectivity index (χ1n) is 13.5. The molecule has 37 heavy (non-hydrogen) atoms. The Kier molecular flexibility index (Phi) is 7.01. The topological polar surface area (TPSA) is 112 Å². The Morgan fingerprint density at radius 1 is 1.19 bits per heavy atom. The summed E-state index contributed by atoms with van der Waals surface area (Å²) in [5, 5.41) is 14.6. The lowest BCUT2D eigenvalue weighted by molar-refractivity contribution is 0.00882. The third-order valence-corrected chi connectivity index (χ3v) is 8.32. The van der Waals surface area contributed by atoms with Gasteiger partial charge in [0.2, 0.25) is 0 Å². The normalized spacial score (nSPS) is 24.4. The van der Waals surface area contributed by atoms with Gasteiger partial charge in [-0.15, -0.1) is 0 Å². The molecule has 2 aromatic heterocycles. The summed E-state index contributed by atoms with van der Waals surface area (Å²) in [6, 6.07) is 2.13. The molecule has 2 aromatic rings. The monoisotopic (exact) mass is 512 g/mol. The number of carbonyl (C=O) groups excluding carboxylic acids is 2. The smallest absolute Gasteiger partial charge is 0.321 e. The molecule has 2 atom stereocenters. The predicted molar refractivity (Wildman–Crippen MR) is 139 cm³/mol. The second-order valence-corrected chi connectivity index (χ2v) is 11.2. The Balaban J connectivity index is 1.26. The van der Waals surface area contributed by atoms with Crippen LogP contribution in [0.5, 0.6) is 0 Å². The van der Waals surface area contributed by atoms with E-state index in [0.717, 1.165) is 50.4 Å². The van der Waals surface area contributed by atoms with Crippen LogP contribution in [0.3, 0.4) is 0 Å². The number of urea groups is 1. The molecular formula is C26H40N8O3. The SMILES string of the molecule is CCn1ccc(C(=O)Nc2n[nH]c3c2CN(C(=O)N2C[C@@H](C)N(CC4CCOCC4)C[C@@H]2C)C3(C)C)n1. The van der Waals surface area contributed by atoms with Gasteiger partial charge in [0.1, 0.15) is 0 Å². The Hall–Kier alpha value is -2.92. The maximum absolute atomic E-state index is 13.9. The van der Waals surface area contributed by atoms with Crippen LogP contribution < -0.4 is 5.32 Å². The molecule has 3 aliphatic heterocycles. The highest BCUT2D eigenvalue weighted by molar-refractivity contribution is 6.02. The number of aromatic nitrogens is 4. The van der Waals surface area contributed by atoms with Crippen LogP contribution in [0.4, 0.5) is 10.6 Å². The number of hydrogen-bond acceptors (Lipinski definition) is 6. The van der Waals surface area contributed by atoms with Crippen molar-refractivity contribution in [2.75, 3.05) is 38.2 Å². The van der Waals surface area contributed by atoms with Crippen LogP contribution in [0.15, 0.2) is 12.3 Å². The molecule has 2 N–H and O–H groups in total. The average Bonchev–Trinajstić information content (AvgIpc) is 3.58. The number of carbonyl (C=O) groups is 2. The number of ether oxygens (including phenoxy) is 1. The second kappa shape index (κ2) is 10.1. The molecule has 11 nitrogen and oxygen atoms in total. The lowest BCUT2D eigenvalue weighted by Crippen LogP contribution is -2.62. The molecule has 0 aliphatic carbocycles. The van der Waals surface area contributed by atoms with Gasteiger partial charge in [0.05, 0.1) is 17.8 Å². The number of aromatic amines is 1. The Labute approximate surface area is 218 Å². The summed E-state index contributed by atoms with van der Waals surface area (Å²) >= 11 is 0. The van der Waals surface area contributed by atoms with E-state index in [1.165, 1.54) is 0 Å². The van der Waals surface area contributed by atoms with Gasteiger partial charge in [-0.1, -0.05) is 0 Å². The van der Waals surface area contributed by atoms with Crippen molar-refractivity contribution in [3.63, 3.8) is 0 Å². The van der Waals surface area contributed by atoms with Crippen molar-refractivity contribution in [2.45, 2.75) is 78.2 Å². The molecule has 0 bridgehead atoms. The van der Waals surface area contributed by atoms with Crippen LogP contribution in [0, 0.1) is 5.92 Å². The number of nitrogens with one attached hydrogen (secondary N) is 2. The highest BCUT2D eigenvalue weighted by Crippen LogP contribution is 2.41. The zero-order valence-electron chi connectivity index (χ0n) is 22.7. The molecule has 0 saturated carbocycles. The molecule has 0 unspecified atom stereocenters. The fourth-order valence-corrected chi connectivity index (χ4v) is 5.89. The number of H-pyrrole nitrogens is 1. The summed E-state index contributed by atoms with van der Waals surface area (Å²) in [5.41, 5.74) is 1.47. The number of aryl methyl sites for hydroxylation is 1. The molecule has 11 heteroatoms. The van der Waals surface area contributed by atoms with E-state index < -0.39 is 5.54 Å². The maximum atomic E-state index is 13.9. The van der Waals surface area contributed by atoms with Gasteiger partial charge >= 0.3 is 6.03 Å². The van der Waals surface area contributed by atoms with Gasteiger partial charge in [0.15, 0.2) is 11.5 Å². The minimum Gasteiger partial charge on any atom is -0.381 e. The molecule has 5 rings (SSSR count). The zero-order chi connectivity index (χ0) is 26.3. The van der Waals surface area contributed by atoms with E-state index in [-0.39, 0.29) is 18.0 Å². The zero-order valence-corrected chi connectivity index (χ0v) is 22.7. The van der Waals surface area contributed by atoms with Crippen molar-refractivity contribution in [3.8, 4) is 0 Å². The van der Waals surface area contributed by atoms with E-state index in [2.05, 4.69) is 39.4 Å². The third-order valence-electron chi connectivity index (χ3n) is 8.32. The first-order chi connectivity index (χ1) is 17.7. The van der Waals surface area contributed by atoms with Crippen LogP contribution in [-0.4, -0.2) is 91.5 Å². The summed E-state index contributed by atoms with van der Waals surface area (Å²) in [6.45, 7) is 15.8. The van der Waals surface area contributed by atoms with Crippen LogP contribution in [0.1, 0.15) is 69.2 Å². The van der Waals surface area contributed by atoms with Crippen molar-refractivity contribution < 1.29 is 14.3 Å². The minimum atomic E-state index is -0.575. The lowest BCUT2D eigenvalue weighted by atomic mass is 9.97. The number of anilines is 1. The predicted octanol–water partition coefficient (Wildman–Crippen LogP) is 2.87. The maximum Gasteiger partial charge on any atom is 0.321 e. The average molecular weight is 513 g/mol. The largest absolute Gasteiger partial charge is 0.381 e. The van der Waals surface area contributed by atoms with Crippen LogP contribution in [0.2, 0.25) is 0 Å². The van der Waals surface area contributed by atoms with Crippen LogP contribution >= 0.6 is 0 Å². The van der Waals surface area contributed by atoms with Crippen molar-refractivity contribution in [2.24, 2.45) is 5.92 Å². The third kappa shape index (κ3) is 4.86. The standard InChI is InChI=1S/C26H40N8O3/c1-6-32-10-7-21(30-32)24(35)27-23-20-16-34(26(4,5)22(20)28-29-23)25(36)33-14-17(2)31(13-18(33)3)15-19-8-11-37-12-9-19/h7,10,17-19H,6,8-9,11-16H2,1-5H3,(H2,27,28,29,35)/t17-,18+/m1/s1. The Morgan fingerprint density at radius 3 is 2.65 bits per heavy atom. The van der Waals surface area contributed by atoms with Gasteiger partial charge in [-0.05, 0) is 59.4 Å². The highest BCUT2D eigenvalue weighted by Gasteiger charge is 2.47. The summed E-state index contributed by atoms with van der Waals surface area (Å²) in [7, 11) is 0. The molecule has 202 valence electrons. The number of fused-ring (bicyclic) bond motifs is 1. The Morgan fingerprint density at radius 2 is 1.95 bits per heavy atom. The lowest BCUT2D eigenvalue weighted by Gasteiger charge is -2.47. The van der Waals surface area contributed by atoms with E-state index in [9.17, 15) is 9.59 Å². The molecule has 0 radical (unpaired) electrons. The fourth-order valence-electron chi connectivity index (χ4n) is 5.89. The molecule has 3 aliphatic rings. The summed E-state index contributed by atoms with van der Waals surface area (Å²) in [6.07, 6.45) is 4.01. The summed E-state index contributed by atoms with van der Waals surface area (Å²) in [5.74, 6) is 0.814. The van der Waals surface area contributed by atoms with E-state index in [1.54, 1.807) is 16.9 Å². The molecule has 2 fully saturated rings. The van der Waals surface area contributed by atoms with E-state index in [0.29, 0.717) is 43.1 Å². The number of rotatable bonds is 5. The molecule has 0 aromatic carbocycles. The molecule has 3 amide bonds. The number of amides is 3. The first-order valence-corrected chi connectivity index (χ1v) is 13.5. The fraction of sp³-hybridized carbons (Fsp3) is 0.692. The van der Waals surface area contributed by atoms with Crippen molar-refractivity contribution in [1.29, 1.82) is 0 Å². The van der Waals surface area contributed by atoms with E-state index in [4.69, 9.17) is 4.74 Å². The summed E-state index contributed by atoms with van der Waals surface area (Å²) < 4.78 is 7.24. The molecule has 2 saturated heterocycles. The van der Waals surface area contributed by atoms with E-state index >= 15 is 0 Å². The molecular weight excluding hydrogens is 472 g/mol. The summed E-state index contributed by atoms with van der Waals surface area (Å²) in [4.78, 5) is 33.1. The number of nitrogens with zero attached hydrogens (tertiary/aromatic N) is 6. The Bertz CT molecular complexity index is 1130. The quantitative estimate of drug-likeness (QED) is 0.637. The first kappa shape index (κ1) is 25.7. The van der Waals surface area contributed by atoms with Gasteiger partial charge in [-0.2, -0.15) is 10.2 Å². The van der Waals surface area contributed by atoms with Gasteiger partial charge in [0, 0.05) is 63.2 Å². The van der Waals surface area contributed by atoms with Gasteiger partial charge in [0.25, 0.3) is 5.91 Å². The van der Waals surface area contributed by atoms with Crippen LogP contribution in [-0.2, 0) is 23.4 Å². The number of hydrogen-bond donors (Lipinski definition) is 2. The highest BCUT2D eigenvalue weighted by atomic mass is 16.5. The molecule has 5 heterocycles. The van der Waals surface area contributed by atoms with Gasteiger partial charge in [-0.3, -0.25) is 19.5 Å². The van der Waals surface area contributed by atoms with Gasteiger partial charge < -0.3 is 19.9 Å². The second-order valence-electron chi connectivity index (χ2n) is 11.2. The van der Waals surface area contributed by atoms with Crippen molar-refractivity contribution in [3.05, 3.63) is 29.2 Å². The van der Waals surface area contributed by atoms with Gasteiger partial charge in [-0.25, -0.2) is 4.79 Å². The van der Waals surface area contributed by atoms with Crippen molar-refractivity contribution >= 4 is 17.8 Å². The number of piperazine rings is 1. The van der Waals surface area contributed by atoms with Crippen LogP contribution in [0.25, 0.3) is 0 Å². The van der Waals surface area contributed by atoms with Crippen molar-refractivity contribution in [1.82, 2.24) is 34.7 Å². The molecule has 0 spiro atoms. The van der Waals surface area contributed by atoms with E-state index in [1.807, 2.05) is 30.6 Å².